The number of nitrogens with one attached hydrogen (secondary N) is 1. The summed E-state index contributed by atoms with van der Waals surface area (Å²) >= 11 is 3.19. The molecule has 0 aliphatic carbocycles. The largest absolute Gasteiger partial charge is 0.459 e. The molecule has 1 aromatic carbocycles. The number of hydrogen-bond donors (Lipinski definition) is 1. The smallest absolute Gasteiger partial charge is 0.325 e. The summed E-state index contributed by atoms with van der Waals surface area (Å²) in [6.07, 6.45) is 1.18. The number of esters is 1. The van der Waals surface area contributed by atoms with Crippen LogP contribution in [0.15, 0.2) is 22.7 Å². The lowest BCUT2D eigenvalue weighted by Crippen LogP contribution is -2.30. The minimum absolute atomic E-state index is 0.0293. The minimum atomic E-state index is -0.524. The van der Waals surface area contributed by atoms with Crippen molar-refractivity contribution in [3.63, 3.8) is 0 Å². The molecule has 0 spiro atoms. The molecule has 0 aliphatic rings. The van der Waals surface area contributed by atoms with Crippen LogP contribution < -0.4 is 5.32 Å². The second kappa shape index (κ2) is 8.77. The number of carbonyl (C=O) groups excluding carboxylic acids is 2. The van der Waals surface area contributed by atoms with E-state index >= 15 is 0 Å². The van der Waals surface area contributed by atoms with Crippen LogP contribution in [0.2, 0.25) is 0 Å². The number of halogens is 2. The molecule has 0 atom stereocenters. The zero-order valence-electron chi connectivity index (χ0n) is 12.1. The van der Waals surface area contributed by atoms with E-state index in [0.29, 0.717) is 22.4 Å². The van der Waals surface area contributed by atoms with E-state index in [0.717, 1.165) is 6.42 Å². The van der Waals surface area contributed by atoms with Crippen molar-refractivity contribution in [2.45, 2.75) is 33.3 Å². The second-order valence-electron chi connectivity index (χ2n) is 5.11. The Labute approximate surface area is 132 Å². The van der Waals surface area contributed by atoms with Gasteiger partial charge in [-0.05, 0) is 24.5 Å². The molecule has 0 saturated carbocycles. The van der Waals surface area contributed by atoms with Gasteiger partial charge in [0, 0.05) is 16.5 Å². The van der Waals surface area contributed by atoms with Gasteiger partial charge < -0.3 is 10.1 Å². The lowest BCUT2D eigenvalue weighted by Gasteiger charge is -2.08. The van der Waals surface area contributed by atoms with Crippen molar-refractivity contribution >= 4 is 27.8 Å². The third kappa shape index (κ3) is 7.22. The van der Waals surface area contributed by atoms with Crippen LogP contribution in [0, 0.1) is 11.7 Å². The molecule has 1 N–H and O–H groups in total. The molecule has 116 valence electrons. The first-order valence-corrected chi connectivity index (χ1v) is 7.54. The molecular weight excluding hydrogens is 341 g/mol. The summed E-state index contributed by atoms with van der Waals surface area (Å²) in [6, 6.07) is 4.13. The van der Waals surface area contributed by atoms with Crippen molar-refractivity contribution in [3.8, 4) is 0 Å². The van der Waals surface area contributed by atoms with E-state index in [4.69, 9.17) is 4.74 Å². The first kappa shape index (κ1) is 17.6. The Morgan fingerprint density at radius 3 is 2.71 bits per heavy atom. The third-order valence-electron chi connectivity index (χ3n) is 2.78. The van der Waals surface area contributed by atoms with Crippen molar-refractivity contribution in [3.05, 3.63) is 34.1 Å². The molecule has 0 aliphatic heterocycles. The van der Waals surface area contributed by atoms with Gasteiger partial charge in [-0.15, -0.1) is 0 Å². The summed E-state index contributed by atoms with van der Waals surface area (Å²) in [4.78, 5) is 23.0. The summed E-state index contributed by atoms with van der Waals surface area (Å²) in [5.41, 5.74) is 0.663. The maximum Gasteiger partial charge on any atom is 0.325 e. The molecular formula is C15H19BrFNO3. The van der Waals surface area contributed by atoms with Crippen molar-refractivity contribution in [1.82, 2.24) is 5.32 Å². The molecule has 0 radical (unpaired) electrons. The fraction of sp³-hybridized carbons (Fsp3) is 0.467. The van der Waals surface area contributed by atoms with Gasteiger partial charge in [-0.2, -0.15) is 0 Å². The van der Waals surface area contributed by atoms with Gasteiger partial charge in [-0.25, -0.2) is 4.39 Å². The number of hydrogen-bond acceptors (Lipinski definition) is 3. The summed E-state index contributed by atoms with van der Waals surface area (Å²) in [5, 5.41) is 2.51. The summed E-state index contributed by atoms with van der Waals surface area (Å²) in [6.45, 7) is 3.93. The van der Waals surface area contributed by atoms with Crippen LogP contribution in [0.1, 0.15) is 32.3 Å². The van der Waals surface area contributed by atoms with Gasteiger partial charge in [-0.3, -0.25) is 9.59 Å². The third-order valence-corrected chi connectivity index (χ3v) is 3.52. The molecule has 0 aromatic heterocycles. The van der Waals surface area contributed by atoms with Crippen molar-refractivity contribution in [1.29, 1.82) is 0 Å². The molecule has 0 unspecified atom stereocenters. The quantitative estimate of drug-likeness (QED) is 0.760. The highest BCUT2D eigenvalue weighted by Gasteiger charge is 2.09. The second-order valence-corrected chi connectivity index (χ2v) is 5.96. The number of carbonyl (C=O) groups is 2. The molecule has 0 fully saturated rings. The number of rotatable bonds is 7. The van der Waals surface area contributed by atoms with Crippen molar-refractivity contribution in [2.75, 3.05) is 6.54 Å². The molecule has 21 heavy (non-hydrogen) atoms. The zero-order chi connectivity index (χ0) is 15.8. The van der Waals surface area contributed by atoms with Gasteiger partial charge in [0.25, 0.3) is 0 Å². The summed E-state index contributed by atoms with van der Waals surface area (Å²) in [5.74, 6) is -0.611. The monoisotopic (exact) mass is 359 g/mol. The topological polar surface area (TPSA) is 55.4 Å². The average molecular weight is 360 g/mol. The van der Waals surface area contributed by atoms with Gasteiger partial charge in [-0.1, -0.05) is 35.8 Å². The highest BCUT2D eigenvalue weighted by atomic mass is 79.9. The van der Waals surface area contributed by atoms with E-state index in [1.54, 1.807) is 0 Å². The van der Waals surface area contributed by atoms with Crippen LogP contribution in [-0.4, -0.2) is 18.4 Å². The van der Waals surface area contributed by atoms with Crippen LogP contribution in [0.3, 0.4) is 0 Å². The van der Waals surface area contributed by atoms with Crippen LogP contribution in [-0.2, 0) is 20.9 Å². The van der Waals surface area contributed by atoms with E-state index in [-0.39, 0.29) is 24.9 Å². The Morgan fingerprint density at radius 1 is 1.38 bits per heavy atom. The van der Waals surface area contributed by atoms with Gasteiger partial charge in [0.2, 0.25) is 5.91 Å². The van der Waals surface area contributed by atoms with E-state index in [1.165, 1.54) is 18.2 Å². The van der Waals surface area contributed by atoms with Crippen LogP contribution in [0.5, 0.6) is 0 Å². The molecule has 0 bridgehead atoms. The first-order chi connectivity index (χ1) is 9.88. The Bertz CT molecular complexity index is 506. The van der Waals surface area contributed by atoms with Crippen LogP contribution >= 0.6 is 15.9 Å². The Balaban J connectivity index is 2.29. The van der Waals surface area contributed by atoms with Crippen LogP contribution in [0.4, 0.5) is 4.39 Å². The standard InChI is InChI=1S/C15H19BrFNO3/c1-10(2)3-6-14(19)18-8-15(20)21-9-11-4-5-12(17)7-13(11)16/h4-5,7,10H,3,6,8-9H2,1-2H3,(H,18,19). The highest BCUT2D eigenvalue weighted by molar-refractivity contribution is 9.10. The lowest BCUT2D eigenvalue weighted by molar-refractivity contribution is -0.145. The highest BCUT2D eigenvalue weighted by Crippen LogP contribution is 2.18. The number of ether oxygens (including phenoxy) is 1. The van der Waals surface area contributed by atoms with E-state index in [1.807, 2.05) is 13.8 Å². The number of amides is 1. The van der Waals surface area contributed by atoms with Gasteiger partial charge >= 0.3 is 5.97 Å². The zero-order valence-corrected chi connectivity index (χ0v) is 13.7. The predicted molar refractivity (Wildman–Crippen MR) is 81.0 cm³/mol. The van der Waals surface area contributed by atoms with Crippen LogP contribution in [0.25, 0.3) is 0 Å². The average Bonchev–Trinajstić information content (AvgIpc) is 2.41. The van der Waals surface area contributed by atoms with E-state index < -0.39 is 5.97 Å². The van der Waals surface area contributed by atoms with E-state index in [9.17, 15) is 14.0 Å². The SMILES string of the molecule is CC(C)CCC(=O)NCC(=O)OCc1ccc(F)cc1Br. The van der Waals surface area contributed by atoms with E-state index in [2.05, 4.69) is 21.2 Å². The van der Waals surface area contributed by atoms with Crippen molar-refractivity contribution < 1.29 is 18.7 Å². The fourth-order valence-electron chi connectivity index (χ4n) is 1.53. The van der Waals surface area contributed by atoms with Crippen molar-refractivity contribution in [2.24, 2.45) is 5.92 Å². The Kier molecular flexibility index (Phi) is 7.36. The van der Waals surface area contributed by atoms with Gasteiger partial charge in [0.15, 0.2) is 0 Å². The first-order valence-electron chi connectivity index (χ1n) is 6.74. The maximum absolute atomic E-state index is 12.9. The molecule has 1 rings (SSSR count). The Morgan fingerprint density at radius 2 is 2.10 bits per heavy atom. The summed E-state index contributed by atoms with van der Waals surface area (Å²) in [7, 11) is 0. The molecule has 6 heteroatoms. The molecule has 0 heterocycles. The lowest BCUT2D eigenvalue weighted by atomic mass is 10.1. The summed E-state index contributed by atoms with van der Waals surface area (Å²) < 4.78 is 18.5. The fourth-order valence-corrected chi connectivity index (χ4v) is 1.99. The predicted octanol–water partition coefficient (Wildman–Crippen LogP) is 3.18. The van der Waals surface area contributed by atoms with Gasteiger partial charge in [0.1, 0.15) is 19.0 Å². The Hall–Kier alpha value is -1.43. The maximum atomic E-state index is 12.9. The minimum Gasteiger partial charge on any atom is -0.459 e. The molecule has 0 saturated heterocycles. The molecule has 4 nitrogen and oxygen atoms in total. The van der Waals surface area contributed by atoms with Gasteiger partial charge in [0.05, 0.1) is 0 Å². The number of benzene rings is 1. The molecule has 1 amide bonds. The molecule has 1 aromatic rings. The normalized spacial score (nSPS) is 10.5.